The third kappa shape index (κ3) is 15.1. The fourth-order valence-electron chi connectivity index (χ4n) is 9.64. The summed E-state index contributed by atoms with van der Waals surface area (Å²) in [5.41, 5.74) is 6.48. The standard InChI is InChI=1S/C31H37N2O7P.C10H13ClNO4P.C6H5Cl2O2P.C4H9NO2/c1-19-13-14-31(35)25-17-22-11-12-24(27-26(22)30(31,28(19)38-27)15-16-33(25)18-21-9-10-21)40-41(36,32-20(2)29(34)37-3)39-23-7-5-4-6-8-23;1-8(10(13)15-2)12-17(11,14)16-9-6-4-3-5-7-9;7-11(8,9)10-6-4-2-1-3-5-6;1-3(5)4(6)7-2/h4-8,11-12,20-21,25,28,35H,1,9-10,13-18H2,2-3H3,(H,32,36);3-8H,1-2H3,(H,12,14);1-5H;3H,5H2,1-2H3/t20-,25+,28?,30-,31?,41?;8-,17?;;3-/m00.0/s1. The Morgan fingerprint density at radius 2 is 1.26 bits per heavy atom. The van der Waals surface area contributed by atoms with E-state index in [0.717, 1.165) is 42.1 Å². The van der Waals surface area contributed by atoms with Gasteiger partial charge in [-0.1, -0.05) is 67.2 Å². The maximum atomic E-state index is 14.3. The lowest BCUT2D eigenvalue weighted by Crippen LogP contribution is -2.75. The molecule has 0 aromatic heterocycles. The summed E-state index contributed by atoms with van der Waals surface area (Å²) in [5.74, 6) is 0.980. The van der Waals surface area contributed by atoms with E-state index in [1.165, 1.54) is 48.0 Å². The minimum absolute atomic E-state index is 0.0105. The van der Waals surface area contributed by atoms with E-state index in [9.17, 15) is 33.2 Å². The van der Waals surface area contributed by atoms with E-state index in [0.29, 0.717) is 42.3 Å². The van der Waals surface area contributed by atoms with Gasteiger partial charge in [-0.2, -0.15) is 5.09 Å². The molecule has 3 fully saturated rings. The first kappa shape index (κ1) is 60.6. The van der Waals surface area contributed by atoms with Crippen LogP contribution in [0.2, 0.25) is 0 Å². The summed E-state index contributed by atoms with van der Waals surface area (Å²) in [7, 11) is -0.366. The average Bonchev–Trinajstić information content (AvgIpc) is 4.24. The Morgan fingerprint density at radius 1 is 0.750 bits per heavy atom. The molecular formula is C51H64Cl3N4O15P3. The predicted molar refractivity (Wildman–Crippen MR) is 289 cm³/mol. The van der Waals surface area contributed by atoms with Gasteiger partial charge in [-0.3, -0.25) is 19.3 Å². The fourth-order valence-corrected chi connectivity index (χ4v) is 13.7. The number of ether oxygens (including phenoxy) is 4. The lowest BCUT2D eigenvalue weighted by atomic mass is 9.48. The number of nitrogens with one attached hydrogen (secondary N) is 2. The molecular weight excluding hydrogens is 1110 g/mol. The first-order chi connectivity index (χ1) is 35.9. The summed E-state index contributed by atoms with van der Waals surface area (Å²) >= 11 is 16.0. The number of nitrogens with two attached hydrogens (primary N) is 1. The van der Waals surface area contributed by atoms with Crippen LogP contribution in [0.4, 0.5) is 0 Å². The molecule has 76 heavy (non-hydrogen) atoms. The van der Waals surface area contributed by atoms with Crippen LogP contribution in [0.1, 0.15) is 64.0 Å². The maximum Gasteiger partial charge on any atom is 0.513 e. The van der Waals surface area contributed by atoms with Gasteiger partial charge in [-0.05, 0) is 125 Å². The Balaban J connectivity index is 0.000000218. The molecule has 5 N–H and O–H groups in total. The molecule has 4 aromatic carbocycles. The zero-order chi connectivity index (χ0) is 55.6. The number of hydrogen-bond donors (Lipinski definition) is 4. The molecule has 25 heteroatoms. The minimum Gasteiger partial charge on any atom is -0.481 e. The van der Waals surface area contributed by atoms with E-state index < -0.39 is 67.9 Å². The maximum absolute atomic E-state index is 14.3. The van der Waals surface area contributed by atoms with Gasteiger partial charge in [0.05, 0.1) is 32.3 Å². The highest BCUT2D eigenvalue weighted by Gasteiger charge is 2.72. The molecule has 3 aliphatic carbocycles. The lowest BCUT2D eigenvalue weighted by molar-refractivity contribution is -0.174. The van der Waals surface area contributed by atoms with Crippen LogP contribution in [0.5, 0.6) is 28.7 Å². The summed E-state index contributed by atoms with van der Waals surface area (Å²) in [6.07, 6.45) is 1.47. The number of likely N-dealkylation sites (tertiary alicyclic amines) is 1. The second kappa shape index (κ2) is 25.9. The molecule has 2 heterocycles. The zero-order valence-corrected chi connectivity index (χ0v) is 47.8. The van der Waals surface area contributed by atoms with E-state index in [-0.39, 0.29) is 17.8 Å². The van der Waals surface area contributed by atoms with Crippen LogP contribution >= 0.6 is 54.4 Å². The molecule has 4 aromatic rings. The summed E-state index contributed by atoms with van der Waals surface area (Å²) in [6, 6.07) is 27.1. The number of carbonyl (C=O) groups is 3. The topological polar surface area (TPSA) is 250 Å². The molecule has 2 saturated carbocycles. The monoisotopic (exact) mass is 1170 g/mol. The largest absolute Gasteiger partial charge is 0.513 e. The number of halogens is 3. The van der Waals surface area contributed by atoms with Crippen molar-refractivity contribution in [2.45, 2.75) is 101 Å². The van der Waals surface area contributed by atoms with Crippen molar-refractivity contribution in [3.8, 4) is 28.7 Å². The van der Waals surface area contributed by atoms with Crippen molar-refractivity contribution < 1.29 is 70.2 Å². The van der Waals surface area contributed by atoms with Gasteiger partial charge in [0.2, 0.25) is 0 Å². The summed E-state index contributed by atoms with van der Waals surface area (Å²) in [6.45, 7) is 7.26. The number of aliphatic hydroxyl groups is 1. The van der Waals surface area contributed by atoms with Gasteiger partial charge in [0.15, 0.2) is 11.5 Å². The second-order valence-electron chi connectivity index (χ2n) is 18.6. The van der Waals surface area contributed by atoms with Gasteiger partial charge in [0.25, 0.3) is 0 Å². The normalized spacial score (nSPS) is 23.5. The van der Waals surface area contributed by atoms with E-state index in [1.807, 2.05) is 12.1 Å². The molecule has 2 aliphatic heterocycles. The number of methoxy groups -OCH3 is 3. The summed E-state index contributed by atoms with van der Waals surface area (Å²) in [4.78, 5) is 36.0. The van der Waals surface area contributed by atoms with Gasteiger partial charge in [0.1, 0.15) is 41.5 Å². The fraction of sp³-hybridized carbons (Fsp3) is 0.431. The highest BCUT2D eigenvalue weighted by Crippen LogP contribution is 2.67. The number of hydrogen-bond acceptors (Lipinski definition) is 17. The van der Waals surface area contributed by atoms with Gasteiger partial charge in [0, 0.05) is 51.9 Å². The van der Waals surface area contributed by atoms with Crippen LogP contribution in [0.25, 0.3) is 0 Å². The molecule has 0 radical (unpaired) electrons. The van der Waals surface area contributed by atoms with Crippen LogP contribution in [-0.2, 0) is 54.1 Å². The van der Waals surface area contributed by atoms with Gasteiger partial charge in [-0.15, -0.1) is 0 Å². The molecule has 414 valence electrons. The third-order valence-corrected chi connectivity index (χ3v) is 17.3. The molecule has 1 spiro atoms. The molecule has 5 aliphatic rings. The first-order valence-electron chi connectivity index (χ1n) is 24.2. The van der Waals surface area contributed by atoms with E-state index >= 15 is 0 Å². The van der Waals surface area contributed by atoms with E-state index in [2.05, 4.69) is 35.7 Å². The number of para-hydroxylation sites is 3. The highest BCUT2D eigenvalue weighted by molar-refractivity contribution is 8.05. The zero-order valence-electron chi connectivity index (χ0n) is 42.8. The van der Waals surface area contributed by atoms with Crippen LogP contribution in [0.15, 0.2) is 115 Å². The van der Waals surface area contributed by atoms with Gasteiger partial charge < -0.3 is 47.9 Å². The number of nitrogens with zero attached hydrogens (tertiary/aromatic N) is 1. The van der Waals surface area contributed by atoms with Crippen molar-refractivity contribution in [2.24, 2.45) is 11.7 Å². The molecule has 9 atom stereocenters. The Hall–Kier alpha value is -4.61. The van der Waals surface area contributed by atoms with Crippen molar-refractivity contribution in [1.29, 1.82) is 0 Å². The summed E-state index contributed by atoms with van der Waals surface area (Å²) in [5, 5.41) is 17.7. The minimum atomic E-state index is -4.18. The van der Waals surface area contributed by atoms with Gasteiger partial charge >= 0.3 is 38.6 Å². The Bertz CT molecular complexity index is 2820. The predicted octanol–water partition coefficient (Wildman–Crippen LogP) is 10.2. The number of carbonyl (C=O) groups excluding carboxylic acids is 3. The molecule has 0 amide bonds. The van der Waals surface area contributed by atoms with Crippen molar-refractivity contribution in [2.75, 3.05) is 34.4 Å². The second-order valence-corrected chi connectivity index (χ2v) is 27.2. The number of piperidine rings is 1. The quantitative estimate of drug-likeness (QED) is 0.0332. The smallest absolute Gasteiger partial charge is 0.481 e. The number of esters is 3. The highest BCUT2D eigenvalue weighted by atomic mass is 35.9. The molecule has 19 nitrogen and oxygen atoms in total. The van der Waals surface area contributed by atoms with Crippen molar-refractivity contribution in [1.82, 2.24) is 15.1 Å². The van der Waals surface area contributed by atoms with Crippen LogP contribution in [-0.4, -0.2) is 98.2 Å². The molecule has 9 rings (SSSR count). The Kier molecular flexibility index (Phi) is 20.7. The molecule has 4 unspecified atom stereocenters. The molecule has 1 saturated heterocycles. The van der Waals surface area contributed by atoms with Crippen molar-refractivity contribution in [3.05, 3.63) is 126 Å². The molecule has 2 bridgehead atoms. The van der Waals surface area contributed by atoms with Crippen LogP contribution < -0.4 is 38.7 Å². The summed E-state index contributed by atoms with van der Waals surface area (Å²) < 4.78 is 78.9. The number of benzene rings is 4. The Morgan fingerprint density at radius 3 is 1.75 bits per heavy atom. The van der Waals surface area contributed by atoms with Crippen molar-refractivity contribution in [3.63, 3.8) is 0 Å². The third-order valence-electron chi connectivity index (χ3n) is 13.2. The van der Waals surface area contributed by atoms with Crippen LogP contribution in [0.3, 0.4) is 0 Å². The van der Waals surface area contributed by atoms with Crippen molar-refractivity contribution >= 4 is 72.3 Å². The number of rotatable bonds is 17. The van der Waals surface area contributed by atoms with E-state index in [1.54, 1.807) is 97.9 Å². The van der Waals surface area contributed by atoms with E-state index in [4.69, 9.17) is 62.5 Å². The SMILES string of the molecule is C=C1CCC2(O)[C@H]3Cc4ccc(OP(=O)(N[C@@H](C)C(=O)OC)Oc5ccccc5)c5c4[C@@]2(CCN3CC2CC2)C1O5.COC(=O)[C@H](C)N.COC(=O)[C@H](C)NP(=O)(Cl)Oc1ccccc1.O=P(Cl)(Cl)Oc1ccccc1. The average molecular weight is 1170 g/mol. The van der Waals surface area contributed by atoms with Crippen LogP contribution in [0, 0.1) is 5.92 Å². The Labute approximate surface area is 457 Å². The first-order valence-corrected chi connectivity index (χ1v) is 31.7. The van der Waals surface area contributed by atoms with Gasteiger partial charge in [-0.25, -0.2) is 18.8 Å². The lowest BCUT2D eigenvalue weighted by Gasteiger charge is -2.63.